The molecule has 0 unspecified atom stereocenters. The van der Waals surface area contributed by atoms with Gasteiger partial charge in [0.2, 0.25) is 0 Å². The summed E-state index contributed by atoms with van der Waals surface area (Å²) in [7, 11) is 0. The second kappa shape index (κ2) is 7.38. The van der Waals surface area contributed by atoms with Crippen molar-refractivity contribution in [3.05, 3.63) is 77.4 Å². The van der Waals surface area contributed by atoms with Gasteiger partial charge in [-0.25, -0.2) is 13.6 Å². The number of hydrogen-bond acceptors (Lipinski definition) is 3. The van der Waals surface area contributed by atoms with Crippen LogP contribution in [0.25, 0.3) is 5.76 Å². The fourth-order valence-corrected chi connectivity index (χ4v) is 1.87. The number of ketones is 1. The summed E-state index contributed by atoms with van der Waals surface area (Å²) in [5.41, 5.74) is -0.153. The fraction of sp³-hybridized carbons (Fsp3) is 0.200. The molecule has 0 spiro atoms. The van der Waals surface area contributed by atoms with E-state index in [1.54, 1.807) is 20.8 Å². The first-order chi connectivity index (χ1) is 11.7. The minimum absolute atomic E-state index is 0.00856. The van der Waals surface area contributed by atoms with E-state index >= 15 is 0 Å². The molecule has 25 heavy (non-hydrogen) atoms. The number of carbonyl (C=O) groups is 2. The van der Waals surface area contributed by atoms with Gasteiger partial charge in [0.1, 0.15) is 17.4 Å². The molecule has 0 aliphatic carbocycles. The van der Waals surface area contributed by atoms with Crippen LogP contribution in [-0.4, -0.2) is 11.8 Å². The fourth-order valence-electron chi connectivity index (χ4n) is 1.87. The lowest BCUT2D eigenvalue weighted by Gasteiger charge is -2.15. The van der Waals surface area contributed by atoms with Crippen LogP contribution in [0, 0.1) is 17.0 Å². The Kier molecular flexibility index (Phi) is 5.47. The molecule has 0 aliphatic rings. The van der Waals surface area contributed by atoms with Crippen LogP contribution in [0.15, 0.2) is 54.6 Å². The molecule has 0 heterocycles. The van der Waals surface area contributed by atoms with Crippen molar-refractivity contribution in [1.82, 2.24) is 0 Å². The van der Waals surface area contributed by atoms with Crippen LogP contribution < -0.4 is 0 Å². The SMILES string of the molecule is CC(C)(C)C(=O)/C=C(/OC(=O)c1ccc(F)cc1)c1ccc(F)cc1. The monoisotopic (exact) mass is 344 g/mol. The van der Waals surface area contributed by atoms with Gasteiger partial charge in [0.15, 0.2) is 5.78 Å². The van der Waals surface area contributed by atoms with E-state index in [0.717, 1.165) is 12.1 Å². The van der Waals surface area contributed by atoms with Crippen LogP contribution in [0.3, 0.4) is 0 Å². The third kappa shape index (κ3) is 5.08. The van der Waals surface area contributed by atoms with Crippen molar-refractivity contribution in [3.8, 4) is 0 Å². The number of esters is 1. The summed E-state index contributed by atoms with van der Waals surface area (Å²) in [4.78, 5) is 24.6. The van der Waals surface area contributed by atoms with Crippen molar-refractivity contribution in [2.45, 2.75) is 20.8 Å². The first kappa shape index (κ1) is 18.5. The Morgan fingerprint density at radius 1 is 0.840 bits per heavy atom. The molecule has 130 valence electrons. The van der Waals surface area contributed by atoms with Crippen molar-refractivity contribution in [2.24, 2.45) is 5.41 Å². The minimum atomic E-state index is -0.739. The summed E-state index contributed by atoms with van der Waals surface area (Å²) in [5, 5.41) is 0. The van der Waals surface area contributed by atoms with Crippen LogP contribution in [0.5, 0.6) is 0 Å². The molecule has 0 N–H and O–H groups in total. The number of halogens is 2. The summed E-state index contributed by atoms with van der Waals surface area (Å²) in [6, 6.07) is 10.1. The lowest BCUT2D eigenvalue weighted by molar-refractivity contribution is -0.121. The third-order valence-electron chi connectivity index (χ3n) is 3.41. The van der Waals surface area contributed by atoms with E-state index in [0.29, 0.717) is 5.56 Å². The van der Waals surface area contributed by atoms with E-state index in [9.17, 15) is 18.4 Å². The highest BCUT2D eigenvalue weighted by molar-refractivity contribution is 6.01. The summed E-state index contributed by atoms with van der Waals surface area (Å²) in [5.74, 6) is -1.91. The largest absolute Gasteiger partial charge is 0.422 e. The average Bonchev–Trinajstić information content (AvgIpc) is 2.54. The molecule has 0 aliphatic heterocycles. The Balaban J connectivity index is 2.36. The van der Waals surface area contributed by atoms with Crippen molar-refractivity contribution < 1.29 is 23.1 Å². The zero-order valence-corrected chi connectivity index (χ0v) is 14.2. The van der Waals surface area contributed by atoms with Crippen molar-refractivity contribution >= 4 is 17.5 Å². The first-order valence-corrected chi connectivity index (χ1v) is 7.66. The number of benzene rings is 2. The van der Waals surface area contributed by atoms with Crippen molar-refractivity contribution in [1.29, 1.82) is 0 Å². The Morgan fingerprint density at radius 3 is 1.72 bits per heavy atom. The topological polar surface area (TPSA) is 43.4 Å². The maximum atomic E-state index is 13.1. The second-order valence-corrected chi connectivity index (χ2v) is 6.53. The van der Waals surface area contributed by atoms with E-state index in [4.69, 9.17) is 4.74 Å². The smallest absolute Gasteiger partial charge is 0.343 e. The molecule has 2 rings (SSSR count). The molecular weight excluding hydrogens is 326 g/mol. The number of ether oxygens (including phenoxy) is 1. The van der Waals surface area contributed by atoms with Crippen LogP contribution in [0.1, 0.15) is 36.7 Å². The molecule has 0 radical (unpaired) electrons. The highest BCUT2D eigenvalue weighted by Crippen LogP contribution is 2.23. The van der Waals surface area contributed by atoms with Crippen LogP contribution >= 0.6 is 0 Å². The van der Waals surface area contributed by atoms with Gasteiger partial charge in [-0.05, 0) is 48.5 Å². The Hall–Kier alpha value is -2.82. The zero-order valence-electron chi connectivity index (χ0n) is 14.2. The van der Waals surface area contributed by atoms with Gasteiger partial charge in [0, 0.05) is 17.1 Å². The molecule has 5 heteroatoms. The minimum Gasteiger partial charge on any atom is -0.422 e. The number of allylic oxidation sites excluding steroid dienone is 1. The van der Waals surface area contributed by atoms with Gasteiger partial charge >= 0.3 is 5.97 Å². The quantitative estimate of drug-likeness (QED) is 0.455. The maximum absolute atomic E-state index is 13.1. The van der Waals surface area contributed by atoms with Crippen LogP contribution in [-0.2, 0) is 9.53 Å². The van der Waals surface area contributed by atoms with E-state index in [1.807, 2.05) is 0 Å². The molecule has 3 nitrogen and oxygen atoms in total. The van der Waals surface area contributed by atoms with Gasteiger partial charge in [0.05, 0.1) is 5.56 Å². The molecule has 0 fully saturated rings. The standard InChI is InChI=1S/C20H18F2O3/c1-20(2,3)18(23)12-17(13-4-8-15(21)9-5-13)25-19(24)14-6-10-16(22)11-7-14/h4-12H,1-3H3/b17-12+. The maximum Gasteiger partial charge on any atom is 0.343 e. The Bertz CT molecular complexity index is 798. The van der Waals surface area contributed by atoms with Crippen molar-refractivity contribution in [3.63, 3.8) is 0 Å². The molecule has 0 saturated carbocycles. The molecule has 0 amide bonds. The van der Waals surface area contributed by atoms with E-state index in [-0.39, 0.29) is 17.1 Å². The zero-order chi connectivity index (χ0) is 18.6. The Labute approximate surface area is 144 Å². The molecule has 2 aromatic carbocycles. The van der Waals surface area contributed by atoms with E-state index < -0.39 is 23.0 Å². The van der Waals surface area contributed by atoms with Gasteiger partial charge in [0.25, 0.3) is 0 Å². The van der Waals surface area contributed by atoms with E-state index in [2.05, 4.69) is 0 Å². The molecule has 2 aromatic rings. The number of hydrogen-bond donors (Lipinski definition) is 0. The molecule has 0 atom stereocenters. The van der Waals surface area contributed by atoms with E-state index in [1.165, 1.54) is 42.5 Å². The number of rotatable bonds is 4. The van der Waals surface area contributed by atoms with Crippen molar-refractivity contribution in [2.75, 3.05) is 0 Å². The molecule has 0 aromatic heterocycles. The summed E-state index contributed by atoms with van der Waals surface area (Å²) in [6.07, 6.45) is 1.22. The normalized spacial score (nSPS) is 12.0. The average molecular weight is 344 g/mol. The second-order valence-electron chi connectivity index (χ2n) is 6.53. The summed E-state index contributed by atoms with van der Waals surface area (Å²) < 4.78 is 31.4. The summed E-state index contributed by atoms with van der Waals surface area (Å²) >= 11 is 0. The predicted octanol–water partition coefficient (Wildman–Crippen LogP) is 4.78. The third-order valence-corrected chi connectivity index (χ3v) is 3.41. The van der Waals surface area contributed by atoms with Gasteiger partial charge in [-0.15, -0.1) is 0 Å². The summed E-state index contributed by atoms with van der Waals surface area (Å²) in [6.45, 7) is 5.20. The highest BCUT2D eigenvalue weighted by atomic mass is 19.1. The Morgan fingerprint density at radius 2 is 1.28 bits per heavy atom. The van der Waals surface area contributed by atoms with Crippen LogP contribution in [0.4, 0.5) is 8.78 Å². The highest BCUT2D eigenvalue weighted by Gasteiger charge is 2.22. The van der Waals surface area contributed by atoms with Gasteiger partial charge in [-0.2, -0.15) is 0 Å². The first-order valence-electron chi connectivity index (χ1n) is 7.66. The predicted molar refractivity (Wildman–Crippen MR) is 90.7 cm³/mol. The molecular formula is C20H18F2O3. The van der Waals surface area contributed by atoms with Gasteiger partial charge < -0.3 is 4.74 Å². The lowest BCUT2D eigenvalue weighted by Crippen LogP contribution is -2.18. The number of carbonyl (C=O) groups excluding carboxylic acids is 2. The lowest BCUT2D eigenvalue weighted by atomic mass is 9.90. The molecule has 0 bridgehead atoms. The van der Waals surface area contributed by atoms with Gasteiger partial charge in [-0.3, -0.25) is 4.79 Å². The molecule has 0 saturated heterocycles. The van der Waals surface area contributed by atoms with Gasteiger partial charge in [-0.1, -0.05) is 20.8 Å². The van der Waals surface area contributed by atoms with Crippen LogP contribution in [0.2, 0.25) is 0 Å².